The molecule has 0 amide bonds. The van der Waals surface area contributed by atoms with E-state index in [1.807, 2.05) is 0 Å². The lowest BCUT2D eigenvalue weighted by molar-refractivity contribution is -0.117. The fourth-order valence-electron chi connectivity index (χ4n) is 2.01. The summed E-state index contributed by atoms with van der Waals surface area (Å²) >= 11 is 2.76. The Bertz CT molecular complexity index is 388. The van der Waals surface area contributed by atoms with E-state index >= 15 is 0 Å². The fourth-order valence-corrected chi connectivity index (χ4v) is 3.50. The van der Waals surface area contributed by atoms with Gasteiger partial charge in [0.25, 0.3) is 0 Å². The monoisotopic (exact) mass is 286 g/mol. The van der Waals surface area contributed by atoms with E-state index in [2.05, 4.69) is 15.1 Å². The molecule has 0 bridgehead atoms. The Kier molecular flexibility index (Phi) is 5.40. The summed E-state index contributed by atoms with van der Waals surface area (Å²) in [4.78, 5) is 14.1. The van der Waals surface area contributed by atoms with Gasteiger partial charge in [0.2, 0.25) is 5.13 Å². The number of thioether (sulfide) groups is 1. The van der Waals surface area contributed by atoms with Crippen molar-refractivity contribution in [3.05, 3.63) is 0 Å². The zero-order valence-electron chi connectivity index (χ0n) is 10.3. The van der Waals surface area contributed by atoms with E-state index in [0.717, 1.165) is 17.4 Å². The van der Waals surface area contributed by atoms with Gasteiger partial charge >= 0.3 is 0 Å². The van der Waals surface area contributed by atoms with E-state index in [0.29, 0.717) is 17.4 Å². The molecule has 2 heterocycles. The predicted molar refractivity (Wildman–Crippen MR) is 75.0 cm³/mol. The van der Waals surface area contributed by atoms with Crippen LogP contribution in [-0.2, 0) is 4.79 Å². The molecule has 1 fully saturated rings. The highest BCUT2D eigenvalue weighted by Crippen LogP contribution is 2.23. The second-order valence-corrected chi connectivity index (χ2v) is 6.66. The van der Waals surface area contributed by atoms with Crippen LogP contribution in [0.5, 0.6) is 0 Å². The van der Waals surface area contributed by atoms with Crippen LogP contribution in [0.3, 0.4) is 0 Å². The van der Waals surface area contributed by atoms with Crippen molar-refractivity contribution in [2.45, 2.75) is 30.0 Å². The summed E-state index contributed by atoms with van der Waals surface area (Å²) in [7, 11) is 0. The lowest BCUT2D eigenvalue weighted by atomic mass is 10.2. The molecule has 2 N–H and O–H groups in total. The molecule has 1 aromatic rings. The molecule has 0 atom stereocenters. The second-order valence-electron chi connectivity index (χ2n) is 4.42. The Morgan fingerprint density at radius 2 is 2.00 bits per heavy atom. The van der Waals surface area contributed by atoms with Crippen LogP contribution in [0.15, 0.2) is 4.34 Å². The smallest absolute Gasteiger partial charge is 0.203 e. The molecule has 0 saturated carbocycles. The molecule has 1 aliphatic heterocycles. The van der Waals surface area contributed by atoms with E-state index < -0.39 is 0 Å². The number of hydrogen-bond donors (Lipinski definition) is 1. The third kappa shape index (κ3) is 4.55. The molecule has 2 rings (SSSR count). The topological polar surface area (TPSA) is 72.1 Å². The van der Waals surface area contributed by atoms with Gasteiger partial charge in [0.1, 0.15) is 0 Å². The number of rotatable bonds is 5. The number of aromatic nitrogens is 2. The maximum absolute atomic E-state index is 11.9. The molecule has 1 saturated heterocycles. The number of carbonyl (C=O) groups is 1. The molecule has 0 radical (unpaired) electrons. The summed E-state index contributed by atoms with van der Waals surface area (Å²) in [5.41, 5.74) is 5.49. The van der Waals surface area contributed by atoms with Crippen molar-refractivity contribution in [2.24, 2.45) is 0 Å². The van der Waals surface area contributed by atoms with Crippen LogP contribution < -0.4 is 5.73 Å². The molecular weight excluding hydrogens is 268 g/mol. The average Bonchev–Trinajstić information content (AvgIpc) is 2.60. The second kappa shape index (κ2) is 7.06. The van der Waals surface area contributed by atoms with Gasteiger partial charge in [-0.3, -0.25) is 9.69 Å². The maximum atomic E-state index is 11.9. The minimum atomic E-state index is 0.260. The Morgan fingerprint density at radius 1 is 1.28 bits per heavy atom. The first-order valence-corrected chi connectivity index (χ1v) is 8.00. The van der Waals surface area contributed by atoms with Crippen LogP contribution in [0.1, 0.15) is 25.7 Å². The van der Waals surface area contributed by atoms with E-state index in [9.17, 15) is 4.79 Å². The van der Waals surface area contributed by atoms with E-state index in [1.165, 1.54) is 48.8 Å². The molecule has 0 spiro atoms. The molecule has 1 aromatic heterocycles. The van der Waals surface area contributed by atoms with Crippen molar-refractivity contribution in [1.82, 2.24) is 15.1 Å². The SMILES string of the molecule is Nc1nnc(SCC(=O)CN2CCCCCC2)s1. The predicted octanol–water partition coefficient (Wildman–Crippen LogP) is 1.66. The molecule has 0 aromatic carbocycles. The van der Waals surface area contributed by atoms with Crippen molar-refractivity contribution in [3.63, 3.8) is 0 Å². The molecule has 1 aliphatic rings. The van der Waals surface area contributed by atoms with Gasteiger partial charge in [-0.05, 0) is 25.9 Å². The van der Waals surface area contributed by atoms with Gasteiger partial charge in [-0.25, -0.2) is 0 Å². The highest BCUT2D eigenvalue weighted by atomic mass is 32.2. The Balaban J connectivity index is 1.71. The standard InChI is InChI=1S/C11H18N4OS2/c12-10-13-14-11(18-10)17-8-9(16)7-15-5-3-1-2-4-6-15/h1-8H2,(H2,12,13). The summed E-state index contributed by atoms with van der Waals surface area (Å²) < 4.78 is 0.775. The molecule has 0 aliphatic carbocycles. The van der Waals surface area contributed by atoms with Crippen molar-refractivity contribution in [1.29, 1.82) is 0 Å². The summed E-state index contributed by atoms with van der Waals surface area (Å²) in [6.07, 6.45) is 5.02. The van der Waals surface area contributed by atoms with Gasteiger partial charge in [-0.1, -0.05) is 35.9 Å². The number of hydrogen-bond acceptors (Lipinski definition) is 7. The summed E-state index contributed by atoms with van der Waals surface area (Å²) in [6, 6.07) is 0. The zero-order chi connectivity index (χ0) is 12.8. The van der Waals surface area contributed by atoms with E-state index in [4.69, 9.17) is 5.73 Å². The van der Waals surface area contributed by atoms with Gasteiger partial charge in [-0.2, -0.15) is 0 Å². The van der Waals surface area contributed by atoms with Gasteiger partial charge in [-0.15, -0.1) is 10.2 Å². The Labute approximate surface area is 115 Å². The lowest BCUT2D eigenvalue weighted by Gasteiger charge is -2.18. The van der Waals surface area contributed by atoms with Gasteiger partial charge in [0.15, 0.2) is 10.1 Å². The van der Waals surface area contributed by atoms with Gasteiger partial charge in [0.05, 0.1) is 12.3 Å². The lowest BCUT2D eigenvalue weighted by Crippen LogP contribution is -2.31. The quantitative estimate of drug-likeness (QED) is 0.830. The number of carbonyl (C=O) groups excluding carboxylic acids is 1. The number of nitrogens with two attached hydrogens (primary N) is 1. The molecular formula is C11H18N4OS2. The normalized spacial score (nSPS) is 17.6. The molecule has 18 heavy (non-hydrogen) atoms. The van der Waals surface area contributed by atoms with E-state index in [-0.39, 0.29) is 5.78 Å². The number of Topliss-reactive ketones (excluding diaryl/α,β-unsaturated/α-hetero) is 1. The average molecular weight is 286 g/mol. The van der Waals surface area contributed by atoms with Crippen LogP contribution >= 0.6 is 23.1 Å². The zero-order valence-corrected chi connectivity index (χ0v) is 11.9. The van der Waals surface area contributed by atoms with E-state index in [1.54, 1.807) is 0 Å². The van der Waals surface area contributed by atoms with Crippen LogP contribution in [-0.4, -0.2) is 46.3 Å². The first-order valence-electron chi connectivity index (χ1n) is 6.20. The van der Waals surface area contributed by atoms with Gasteiger partial charge < -0.3 is 5.73 Å². The number of anilines is 1. The molecule has 5 nitrogen and oxygen atoms in total. The van der Waals surface area contributed by atoms with Crippen LogP contribution in [0.2, 0.25) is 0 Å². The fraction of sp³-hybridized carbons (Fsp3) is 0.727. The minimum Gasteiger partial charge on any atom is -0.374 e. The summed E-state index contributed by atoms with van der Waals surface area (Å²) in [5.74, 6) is 0.723. The van der Waals surface area contributed by atoms with Crippen LogP contribution in [0.25, 0.3) is 0 Å². The largest absolute Gasteiger partial charge is 0.374 e. The first kappa shape index (κ1) is 13.8. The number of likely N-dealkylation sites (tertiary alicyclic amines) is 1. The van der Waals surface area contributed by atoms with Crippen molar-refractivity contribution in [2.75, 3.05) is 31.1 Å². The number of nitrogens with zero attached hydrogens (tertiary/aromatic N) is 3. The molecule has 7 heteroatoms. The third-order valence-corrected chi connectivity index (χ3v) is 4.82. The number of nitrogen functional groups attached to an aromatic ring is 1. The highest BCUT2D eigenvalue weighted by Gasteiger charge is 2.13. The Hall–Kier alpha value is -0.660. The molecule has 100 valence electrons. The summed E-state index contributed by atoms with van der Waals surface area (Å²) in [6.45, 7) is 2.69. The maximum Gasteiger partial charge on any atom is 0.203 e. The Morgan fingerprint density at radius 3 is 2.61 bits per heavy atom. The first-order chi connectivity index (χ1) is 8.74. The highest BCUT2D eigenvalue weighted by molar-refractivity contribution is 8.01. The van der Waals surface area contributed by atoms with Crippen molar-refractivity contribution < 1.29 is 4.79 Å². The van der Waals surface area contributed by atoms with Crippen LogP contribution in [0, 0.1) is 0 Å². The van der Waals surface area contributed by atoms with Crippen molar-refractivity contribution >= 4 is 34.0 Å². The molecule has 0 unspecified atom stereocenters. The van der Waals surface area contributed by atoms with Crippen molar-refractivity contribution in [3.8, 4) is 0 Å². The van der Waals surface area contributed by atoms with Gasteiger partial charge in [0, 0.05) is 0 Å². The minimum absolute atomic E-state index is 0.260. The van der Waals surface area contributed by atoms with Crippen LogP contribution in [0.4, 0.5) is 5.13 Å². The number of ketones is 1. The summed E-state index contributed by atoms with van der Waals surface area (Å²) in [5, 5.41) is 8.07. The third-order valence-electron chi connectivity index (χ3n) is 2.88.